The summed E-state index contributed by atoms with van der Waals surface area (Å²) >= 11 is 0. The van der Waals surface area contributed by atoms with Crippen molar-refractivity contribution >= 4 is 0 Å². The van der Waals surface area contributed by atoms with E-state index >= 15 is 0 Å². The highest BCUT2D eigenvalue weighted by molar-refractivity contribution is 5.31. The Balaban J connectivity index is 3.07. The van der Waals surface area contributed by atoms with Gasteiger partial charge >= 0.3 is 0 Å². The number of phenols is 1. The SMILES string of the molecule is CCC(C)(C)CC(c1cccc(O)c1)C(C)(C)N. The Bertz CT molecular complexity index is 390. The largest absolute Gasteiger partial charge is 0.508 e. The first-order valence-corrected chi connectivity index (χ1v) is 6.73. The van der Waals surface area contributed by atoms with Gasteiger partial charge < -0.3 is 10.8 Å². The highest BCUT2D eigenvalue weighted by Crippen LogP contribution is 2.39. The van der Waals surface area contributed by atoms with E-state index in [1.807, 2.05) is 12.1 Å². The molecule has 102 valence electrons. The fourth-order valence-electron chi connectivity index (χ4n) is 2.25. The van der Waals surface area contributed by atoms with Crippen molar-refractivity contribution in [2.45, 2.75) is 58.9 Å². The fourth-order valence-corrected chi connectivity index (χ4v) is 2.25. The van der Waals surface area contributed by atoms with Gasteiger partial charge in [0.2, 0.25) is 0 Å². The van der Waals surface area contributed by atoms with E-state index in [4.69, 9.17) is 5.73 Å². The average molecular weight is 249 g/mol. The summed E-state index contributed by atoms with van der Waals surface area (Å²) in [5.74, 6) is 0.565. The monoisotopic (exact) mass is 249 g/mol. The third-order valence-corrected chi connectivity index (χ3v) is 3.88. The number of nitrogens with two attached hydrogens (primary N) is 1. The van der Waals surface area contributed by atoms with Crippen LogP contribution in [0.5, 0.6) is 5.75 Å². The van der Waals surface area contributed by atoms with Crippen LogP contribution >= 0.6 is 0 Å². The van der Waals surface area contributed by atoms with Gasteiger partial charge in [0, 0.05) is 11.5 Å². The van der Waals surface area contributed by atoms with Gasteiger partial charge in [-0.25, -0.2) is 0 Å². The maximum Gasteiger partial charge on any atom is 0.115 e. The minimum Gasteiger partial charge on any atom is -0.508 e. The van der Waals surface area contributed by atoms with Crippen molar-refractivity contribution in [3.63, 3.8) is 0 Å². The number of hydrogen-bond acceptors (Lipinski definition) is 2. The van der Waals surface area contributed by atoms with Crippen LogP contribution in [0.15, 0.2) is 24.3 Å². The molecule has 1 aromatic rings. The lowest BCUT2D eigenvalue weighted by Gasteiger charge is -2.37. The van der Waals surface area contributed by atoms with Gasteiger partial charge in [0.1, 0.15) is 5.75 Å². The highest BCUT2D eigenvalue weighted by atomic mass is 16.3. The van der Waals surface area contributed by atoms with Gasteiger partial charge in [-0.15, -0.1) is 0 Å². The van der Waals surface area contributed by atoms with Crippen LogP contribution in [0.2, 0.25) is 0 Å². The summed E-state index contributed by atoms with van der Waals surface area (Å²) in [6.45, 7) is 10.9. The van der Waals surface area contributed by atoms with Crippen molar-refractivity contribution in [1.82, 2.24) is 0 Å². The van der Waals surface area contributed by atoms with E-state index in [9.17, 15) is 5.11 Å². The number of aromatic hydroxyl groups is 1. The molecule has 18 heavy (non-hydrogen) atoms. The molecule has 1 rings (SSSR count). The van der Waals surface area contributed by atoms with Gasteiger partial charge in [-0.05, 0) is 43.4 Å². The smallest absolute Gasteiger partial charge is 0.115 e. The predicted molar refractivity (Wildman–Crippen MR) is 77.8 cm³/mol. The summed E-state index contributed by atoms with van der Waals surface area (Å²) in [4.78, 5) is 0. The minimum absolute atomic E-state index is 0.250. The van der Waals surface area contributed by atoms with Gasteiger partial charge in [-0.3, -0.25) is 0 Å². The van der Waals surface area contributed by atoms with Crippen LogP contribution in [0.3, 0.4) is 0 Å². The lowest BCUT2D eigenvalue weighted by atomic mass is 9.71. The van der Waals surface area contributed by atoms with E-state index in [0.29, 0.717) is 5.75 Å². The summed E-state index contributed by atoms with van der Waals surface area (Å²) < 4.78 is 0. The Labute approximate surface area is 111 Å². The third-order valence-electron chi connectivity index (χ3n) is 3.88. The second kappa shape index (κ2) is 5.31. The zero-order chi connectivity index (χ0) is 14.0. The van der Waals surface area contributed by atoms with E-state index in [2.05, 4.69) is 40.7 Å². The first-order valence-electron chi connectivity index (χ1n) is 6.73. The van der Waals surface area contributed by atoms with Crippen molar-refractivity contribution in [2.24, 2.45) is 11.1 Å². The topological polar surface area (TPSA) is 46.2 Å². The van der Waals surface area contributed by atoms with E-state index in [1.165, 1.54) is 0 Å². The Morgan fingerprint density at radius 1 is 1.22 bits per heavy atom. The molecule has 0 bridgehead atoms. The second-order valence-electron chi connectivity index (χ2n) is 6.69. The van der Waals surface area contributed by atoms with E-state index < -0.39 is 0 Å². The molecule has 1 aromatic carbocycles. The fraction of sp³-hybridized carbons (Fsp3) is 0.625. The van der Waals surface area contributed by atoms with Crippen molar-refractivity contribution in [2.75, 3.05) is 0 Å². The molecule has 0 saturated carbocycles. The number of hydrogen-bond donors (Lipinski definition) is 2. The molecule has 3 N–H and O–H groups in total. The quantitative estimate of drug-likeness (QED) is 0.827. The van der Waals surface area contributed by atoms with Crippen molar-refractivity contribution in [1.29, 1.82) is 0 Å². The van der Waals surface area contributed by atoms with Crippen molar-refractivity contribution < 1.29 is 5.11 Å². The molecular weight excluding hydrogens is 222 g/mol. The van der Waals surface area contributed by atoms with Crippen LogP contribution in [0, 0.1) is 5.41 Å². The third kappa shape index (κ3) is 4.02. The minimum atomic E-state index is -0.291. The van der Waals surface area contributed by atoms with Crippen LogP contribution < -0.4 is 5.73 Å². The van der Waals surface area contributed by atoms with Crippen molar-refractivity contribution in [3.8, 4) is 5.75 Å². The van der Waals surface area contributed by atoms with E-state index in [-0.39, 0.29) is 16.9 Å². The molecular formula is C16H27NO. The first kappa shape index (κ1) is 15.0. The lowest BCUT2D eigenvalue weighted by molar-refractivity contribution is 0.245. The van der Waals surface area contributed by atoms with Crippen LogP contribution in [-0.4, -0.2) is 10.6 Å². The maximum absolute atomic E-state index is 9.64. The molecule has 0 saturated heterocycles. The van der Waals surface area contributed by atoms with Crippen LogP contribution in [0.1, 0.15) is 58.9 Å². The van der Waals surface area contributed by atoms with Crippen molar-refractivity contribution in [3.05, 3.63) is 29.8 Å². The van der Waals surface area contributed by atoms with E-state index in [0.717, 1.165) is 18.4 Å². The van der Waals surface area contributed by atoms with Gasteiger partial charge in [-0.1, -0.05) is 39.3 Å². The number of phenolic OH excluding ortho intramolecular Hbond substituents is 1. The zero-order valence-electron chi connectivity index (χ0n) is 12.3. The molecule has 0 aliphatic rings. The van der Waals surface area contributed by atoms with Crippen LogP contribution in [0.4, 0.5) is 0 Å². The molecule has 0 spiro atoms. The molecule has 2 nitrogen and oxygen atoms in total. The first-order chi connectivity index (χ1) is 8.15. The standard InChI is InChI=1S/C16H27NO/c1-6-15(2,3)11-14(16(4,5)17)12-8-7-9-13(18)10-12/h7-10,14,18H,6,11,17H2,1-5H3. The second-order valence-corrected chi connectivity index (χ2v) is 6.69. The molecule has 1 unspecified atom stereocenters. The number of benzene rings is 1. The normalized spacial score (nSPS) is 14.6. The van der Waals surface area contributed by atoms with Gasteiger partial charge in [0.15, 0.2) is 0 Å². The predicted octanol–water partition coefficient (Wildman–Crippen LogP) is 4.04. The Morgan fingerprint density at radius 2 is 1.83 bits per heavy atom. The van der Waals surface area contributed by atoms with Crippen LogP contribution in [-0.2, 0) is 0 Å². The highest BCUT2D eigenvalue weighted by Gasteiger charge is 2.32. The summed E-state index contributed by atoms with van der Waals surface area (Å²) in [6.07, 6.45) is 2.15. The van der Waals surface area contributed by atoms with Gasteiger partial charge in [-0.2, -0.15) is 0 Å². The summed E-state index contributed by atoms with van der Waals surface area (Å²) in [7, 11) is 0. The Hall–Kier alpha value is -1.02. The van der Waals surface area contributed by atoms with Crippen LogP contribution in [0.25, 0.3) is 0 Å². The van der Waals surface area contributed by atoms with Gasteiger partial charge in [0.25, 0.3) is 0 Å². The molecule has 0 fully saturated rings. The molecule has 2 heteroatoms. The summed E-state index contributed by atoms with van der Waals surface area (Å²) in [6, 6.07) is 7.49. The van der Waals surface area contributed by atoms with Gasteiger partial charge in [0.05, 0.1) is 0 Å². The van der Waals surface area contributed by atoms with E-state index in [1.54, 1.807) is 6.07 Å². The molecule has 0 aliphatic heterocycles. The summed E-state index contributed by atoms with van der Waals surface area (Å²) in [5, 5.41) is 9.64. The molecule has 0 amide bonds. The maximum atomic E-state index is 9.64. The lowest BCUT2D eigenvalue weighted by Crippen LogP contribution is -2.41. The Morgan fingerprint density at radius 3 is 2.28 bits per heavy atom. The summed E-state index contributed by atoms with van der Waals surface area (Å²) in [5.41, 5.74) is 7.44. The molecule has 0 radical (unpaired) electrons. The molecule has 0 aliphatic carbocycles. The number of rotatable bonds is 5. The average Bonchev–Trinajstić information content (AvgIpc) is 2.24. The zero-order valence-corrected chi connectivity index (χ0v) is 12.3. The molecule has 1 atom stereocenters. The Kier molecular flexibility index (Phi) is 4.44. The molecule has 0 heterocycles. The molecule has 0 aromatic heterocycles.